The summed E-state index contributed by atoms with van der Waals surface area (Å²) < 4.78 is 15.9. The first-order valence-corrected chi connectivity index (χ1v) is 6.78. The number of nitrogens with one attached hydrogen (secondary N) is 1. The maximum absolute atomic E-state index is 12.0. The fourth-order valence-corrected chi connectivity index (χ4v) is 1.79. The van der Waals surface area contributed by atoms with E-state index in [4.69, 9.17) is 14.0 Å². The van der Waals surface area contributed by atoms with Crippen LogP contribution in [0.15, 0.2) is 28.8 Å². The van der Waals surface area contributed by atoms with Crippen LogP contribution >= 0.6 is 0 Å². The van der Waals surface area contributed by atoms with Crippen LogP contribution in [0.1, 0.15) is 30.1 Å². The van der Waals surface area contributed by atoms with Gasteiger partial charge in [-0.15, -0.1) is 0 Å². The minimum Gasteiger partial charge on any atom is -0.490 e. The van der Waals surface area contributed by atoms with Gasteiger partial charge in [0, 0.05) is 17.8 Å². The van der Waals surface area contributed by atoms with Crippen molar-refractivity contribution in [1.29, 1.82) is 0 Å². The Morgan fingerprint density at radius 3 is 2.52 bits per heavy atom. The molecular weight excluding hydrogens is 272 g/mol. The van der Waals surface area contributed by atoms with E-state index < -0.39 is 0 Å². The van der Waals surface area contributed by atoms with Crippen LogP contribution in [-0.4, -0.2) is 24.3 Å². The van der Waals surface area contributed by atoms with Gasteiger partial charge in [0.1, 0.15) is 0 Å². The number of ether oxygens (including phenoxy) is 2. The van der Waals surface area contributed by atoms with Crippen molar-refractivity contribution in [3.8, 4) is 11.5 Å². The van der Waals surface area contributed by atoms with Crippen molar-refractivity contribution in [3.05, 3.63) is 35.7 Å². The van der Waals surface area contributed by atoms with Gasteiger partial charge in [0.15, 0.2) is 11.5 Å². The molecule has 6 heteroatoms. The molecule has 0 saturated carbocycles. The van der Waals surface area contributed by atoms with E-state index in [1.807, 2.05) is 13.8 Å². The number of amides is 1. The van der Waals surface area contributed by atoms with Crippen LogP contribution in [0.25, 0.3) is 0 Å². The molecule has 1 heterocycles. The fourth-order valence-electron chi connectivity index (χ4n) is 1.79. The Kier molecular flexibility index (Phi) is 4.81. The van der Waals surface area contributed by atoms with E-state index in [2.05, 4.69) is 10.5 Å². The number of aryl methyl sites for hydroxylation is 1. The largest absolute Gasteiger partial charge is 0.490 e. The molecule has 0 aliphatic rings. The lowest BCUT2D eigenvalue weighted by Crippen LogP contribution is -2.11. The Labute approximate surface area is 123 Å². The van der Waals surface area contributed by atoms with Crippen molar-refractivity contribution in [1.82, 2.24) is 5.16 Å². The first-order valence-electron chi connectivity index (χ1n) is 6.78. The van der Waals surface area contributed by atoms with Crippen molar-refractivity contribution < 1.29 is 18.8 Å². The van der Waals surface area contributed by atoms with Crippen molar-refractivity contribution in [2.45, 2.75) is 20.8 Å². The Balaban J connectivity index is 2.16. The zero-order valence-corrected chi connectivity index (χ0v) is 12.3. The van der Waals surface area contributed by atoms with Gasteiger partial charge in [-0.2, -0.15) is 0 Å². The molecule has 1 aromatic carbocycles. The van der Waals surface area contributed by atoms with Crippen LogP contribution in [0.3, 0.4) is 0 Å². The minimum absolute atomic E-state index is 0.166. The maximum Gasteiger partial charge on any atom is 0.294 e. The monoisotopic (exact) mass is 290 g/mol. The summed E-state index contributed by atoms with van der Waals surface area (Å²) in [6, 6.07) is 6.80. The lowest BCUT2D eigenvalue weighted by molar-refractivity contribution is 0.0988. The highest BCUT2D eigenvalue weighted by molar-refractivity contribution is 6.02. The molecule has 2 rings (SSSR count). The summed E-state index contributed by atoms with van der Waals surface area (Å²) in [5.41, 5.74) is 1.25. The van der Waals surface area contributed by atoms with Crippen LogP contribution in [0.4, 0.5) is 5.69 Å². The van der Waals surface area contributed by atoms with Crippen LogP contribution in [0, 0.1) is 6.92 Å². The van der Waals surface area contributed by atoms with Gasteiger partial charge in [0.05, 0.1) is 18.9 Å². The molecule has 0 atom stereocenters. The van der Waals surface area contributed by atoms with E-state index in [9.17, 15) is 4.79 Å². The number of hydrogen-bond acceptors (Lipinski definition) is 5. The number of benzene rings is 1. The van der Waals surface area contributed by atoms with Crippen molar-refractivity contribution in [2.24, 2.45) is 0 Å². The van der Waals surface area contributed by atoms with E-state index in [1.165, 1.54) is 0 Å². The van der Waals surface area contributed by atoms with Crippen molar-refractivity contribution >= 4 is 11.6 Å². The second-order valence-corrected chi connectivity index (χ2v) is 4.31. The lowest BCUT2D eigenvalue weighted by atomic mass is 10.2. The minimum atomic E-state index is -0.359. The summed E-state index contributed by atoms with van der Waals surface area (Å²) in [5.74, 6) is 1.04. The third-order valence-corrected chi connectivity index (χ3v) is 2.65. The van der Waals surface area contributed by atoms with Crippen LogP contribution < -0.4 is 14.8 Å². The van der Waals surface area contributed by atoms with Gasteiger partial charge in [0.25, 0.3) is 5.91 Å². The molecule has 0 spiro atoms. The Hall–Kier alpha value is -2.50. The highest BCUT2D eigenvalue weighted by Gasteiger charge is 2.13. The molecule has 0 bridgehead atoms. The Morgan fingerprint density at radius 2 is 1.90 bits per heavy atom. The van der Waals surface area contributed by atoms with Gasteiger partial charge in [0.2, 0.25) is 5.76 Å². The first-order chi connectivity index (χ1) is 10.1. The van der Waals surface area contributed by atoms with Crippen LogP contribution in [0.2, 0.25) is 0 Å². The average Bonchev–Trinajstić information content (AvgIpc) is 2.89. The molecule has 0 unspecified atom stereocenters. The molecule has 112 valence electrons. The van der Waals surface area contributed by atoms with Crippen molar-refractivity contribution in [3.63, 3.8) is 0 Å². The van der Waals surface area contributed by atoms with E-state index in [-0.39, 0.29) is 11.7 Å². The summed E-state index contributed by atoms with van der Waals surface area (Å²) in [5, 5.41) is 6.42. The number of anilines is 1. The highest BCUT2D eigenvalue weighted by Crippen LogP contribution is 2.30. The van der Waals surface area contributed by atoms with Gasteiger partial charge in [-0.1, -0.05) is 5.16 Å². The standard InChI is InChI=1S/C15H18N2O4/c1-4-19-12-7-6-11(9-13(12)20-5-2)16-15(18)14-8-10(3)17-21-14/h6-9H,4-5H2,1-3H3,(H,16,18). The van der Waals surface area contributed by atoms with Gasteiger partial charge in [-0.3, -0.25) is 4.79 Å². The third-order valence-electron chi connectivity index (χ3n) is 2.65. The summed E-state index contributed by atoms with van der Waals surface area (Å²) in [7, 11) is 0. The molecule has 1 N–H and O–H groups in total. The number of hydrogen-bond donors (Lipinski definition) is 1. The number of carbonyl (C=O) groups excluding carboxylic acids is 1. The molecule has 21 heavy (non-hydrogen) atoms. The van der Waals surface area contributed by atoms with Gasteiger partial charge >= 0.3 is 0 Å². The zero-order chi connectivity index (χ0) is 15.2. The second kappa shape index (κ2) is 6.78. The summed E-state index contributed by atoms with van der Waals surface area (Å²) in [6.07, 6.45) is 0. The average molecular weight is 290 g/mol. The Morgan fingerprint density at radius 1 is 1.19 bits per heavy atom. The molecule has 1 aromatic heterocycles. The summed E-state index contributed by atoms with van der Waals surface area (Å²) >= 11 is 0. The second-order valence-electron chi connectivity index (χ2n) is 4.31. The smallest absolute Gasteiger partial charge is 0.294 e. The molecular formula is C15H18N2O4. The third kappa shape index (κ3) is 3.75. The Bertz CT molecular complexity index is 622. The molecule has 0 aliphatic heterocycles. The topological polar surface area (TPSA) is 73.6 Å². The van der Waals surface area contributed by atoms with Crippen molar-refractivity contribution in [2.75, 3.05) is 18.5 Å². The van der Waals surface area contributed by atoms with Gasteiger partial charge in [-0.05, 0) is 32.9 Å². The first kappa shape index (κ1) is 14.9. The number of aromatic nitrogens is 1. The molecule has 0 fully saturated rings. The zero-order valence-electron chi connectivity index (χ0n) is 12.3. The molecule has 0 radical (unpaired) electrons. The van der Waals surface area contributed by atoms with Gasteiger partial charge in [-0.25, -0.2) is 0 Å². The molecule has 0 aliphatic carbocycles. The number of carbonyl (C=O) groups is 1. The summed E-state index contributed by atoms with van der Waals surface area (Å²) in [6.45, 7) is 6.60. The summed E-state index contributed by atoms with van der Waals surface area (Å²) in [4.78, 5) is 12.0. The predicted molar refractivity (Wildman–Crippen MR) is 78.0 cm³/mol. The maximum atomic E-state index is 12.0. The SMILES string of the molecule is CCOc1ccc(NC(=O)c2cc(C)no2)cc1OCC. The van der Waals surface area contributed by atoms with Crippen LogP contribution in [-0.2, 0) is 0 Å². The highest BCUT2D eigenvalue weighted by atomic mass is 16.5. The molecule has 2 aromatic rings. The van der Waals surface area contributed by atoms with E-state index in [0.29, 0.717) is 36.1 Å². The fraction of sp³-hybridized carbons (Fsp3) is 0.333. The number of rotatable bonds is 6. The predicted octanol–water partition coefficient (Wildman–Crippen LogP) is 3.03. The number of nitrogens with zero attached hydrogens (tertiary/aromatic N) is 1. The van der Waals surface area contributed by atoms with Gasteiger partial charge < -0.3 is 19.3 Å². The molecule has 0 saturated heterocycles. The molecule has 6 nitrogen and oxygen atoms in total. The van der Waals surface area contributed by atoms with Crippen LogP contribution in [0.5, 0.6) is 11.5 Å². The quantitative estimate of drug-likeness (QED) is 0.885. The normalized spacial score (nSPS) is 10.2. The van der Waals surface area contributed by atoms with E-state index in [1.54, 1.807) is 31.2 Å². The lowest BCUT2D eigenvalue weighted by Gasteiger charge is -2.12. The molecule has 1 amide bonds. The van der Waals surface area contributed by atoms with E-state index in [0.717, 1.165) is 0 Å². The van der Waals surface area contributed by atoms with E-state index >= 15 is 0 Å².